The largest absolute Gasteiger partial charge is 0.497 e. The summed E-state index contributed by atoms with van der Waals surface area (Å²) in [6.45, 7) is 2.20. The Morgan fingerprint density at radius 3 is 2.38 bits per heavy atom. The van der Waals surface area contributed by atoms with Crippen LogP contribution in [0.2, 0.25) is 0 Å². The number of ether oxygens (including phenoxy) is 3. The van der Waals surface area contributed by atoms with Crippen molar-refractivity contribution >= 4 is 72.4 Å². The van der Waals surface area contributed by atoms with Crippen molar-refractivity contribution in [2.75, 3.05) is 27.4 Å². The third kappa shape index (κ3) is 5.73. The Hall–Kier alpha value is -2.30. The molecule has 0 atom stereocenters. The predicted molar refractivity (Wildman–Crippen MR) is 132 cm³/mol. The maximum absolute atomic E-state index is 12.9. The quantitative estimate of drug-likeness (QED) is 0.321. The second kappa shape index (κ2) is 11.0. The number of halogens is 2. The highest BCUT2D eigenvalue weighted by atomic mass is 79.9. The molecule has 3 rings (SSSR count). The molecule has 10 heteroatoms. The first-order valence-electron chi connectivity index (χ1n) is 9.49. The van der Waals surface area contributed by atoms with Gasteiger partial charge in [-0.25, -0.2) is 9.79 Å². The van der Waals surface area contributed by atoms with Crippen LogP contribution < -0.4 is 9.47 Å². The van der Waals surface area contributed by atoms with E-state index < -0.39 is 5.97 Å². The lowest BCUT2D eigenvalue weighted by molar-refractivity contribution is -0.142. The second-order valence-corrected chi connectivity index (χ2v) is 9.15. The fraction of sp³-hybridized carbons (Fsp3) is 0.227. The highest BCUT2D eigenvalue weighted by Crippen LogP contribution is 2.38. The molecule has 32 heavy (non-hydrogen) atoms. The van der Waals surface area contributed by atoms with E-state index in [0.29, 0.717) is 31.3 Å². The number of amides is 1. The van der Waals surface area contributed by atoms with Gasteiger partial charge in [-0.15, -0.1) is 0 Å². The molecule has 0 bridgehead atoms. The summed E-state index contributed by atoms with van der Waals surface area (Å²) >= 11 is 8.23. The third-order valence-electron chi connectivity index (χ3n) is 4.38. The van der Waals surface area contributed by atoms with Crippen LogP contribution in [0.25, 0.3) is 6.08 Å². The summed E-state index contributed by atoms with van der Waals surface area (Å²) in [5.74, 6) is 0.626. The fourth-order valence-electron chi connectivity index (χ4n) is 2.78. The van der Waals surface area contributed by atoms with Gasteiger partial charge in [0.25, 0.3) is 5.91 Å². The molecule has 7 nitrogen and oxygen atoms in total. The van der Waals surface area contributed by atoms with Crippen LogP contribution in [0.1, 0.15) is 12.5 Å². The fourth-order valence-corrected chi connectivity index (χ4v) is 5.29. The average molecular weight is 584 g/mol. The predicted octanol–water partition coefficient (Wildman–Crippen LogP) is 5.40. The van der Waals surface area contributed by atoms with E-state index in [1.54, 1.807) is 18.1 Å². The molecule has 0 spiro atoms. The summed E-state index contributed by atoms with van der Waals surface area (Å²) in [6.07, 6.45) is 1.80. The van der Waals surface area contributed by atoms with Crippen molar-refractivity contribution in [2.45, 2.75) is 6.92 Å². The van der Waals surface area contributed by atoms with Gasteiger partial charge in [0, 0.05) is 6.54 Å². The van der Waals surface area contributed by atoms with Gasteiger partial charge in [-0.1, -0.05) is 0 Å². The molecular formula is C22H20Br2N2O5S. The number of hydrogen-bond acceptors (Lipinski definition) is 7. The molecule has 0 radical (unpaired) electrons. The number of carbonyl (C=O) groups excluding carboxylic acids is 2. The first-order chi connectivity index (χ1) is 15.4. The molecule has 1 saturated heterocycles. The van der Waals surface area contributed by atoms with Crippen LogP contribution >= 0.6 is 43.6 Å². The maximum Gasteiger partial charge on any atom is 0.343 e. The number of likely N-dealkylation sites (N-methyl/N-ethyl adjacent to an activating group) is 1. The molecule has 1 fully saturated rings. The smallest absolute Gasteiger partial charge is 0.343 e. The first-order valence-corrected chi connectivity index (χ1v) is 11.9. The topological polar surface area (TPSA) is 77.4 Å². The van der Waals surface area contributed by atoms with Crippen LogP contribution in [0.3, 0.4) is 0 Å². The van der Waals surface area contributed by atoms with Crippen molar-refractivity contribution in [1.82, 2.24) is 4.90 Å². The number of nitrogens with zero attached hydrogens (tertiary/aromatic N) is 2. The Labute approximate surface area is 207 Å². The molecule has 0 saturated carbocycles. The Morgan fingerprint density at radius 2 is 1.81 bits per heavy atom. The molecule has 1 heterocycles. The zero-order chi connectivity index (χ0) is 23.3. The first kappa shape index (κ1) is 24.3. The van der Waals surface area contributed by atoms with Crippen molar-refractivity contribution in [3.63, 3.8) is 0 Å². The summed E-state index contributed by atoms with van der Waals surface area (Å²) in [5.41, 5.74) is 1.52. The van der Waals surface area contributed by atoms with Crippen LogP contribution in [-0.2, 0) is 14.3 Å². The molecule has 1 aliphatic heterocycles. The number of benzene rings is 2. The zero-order valence-electron chi connectivity index (χ0n) is 17.6. The lowest BCUT2D eigenvalue weighted by atomic mass is 10.2. The van der Waals surface area contributed by atoms with E-state index in [4.69, 9.17) is 9.47 Å². The van der Waals surface area contributed by atoms with Gasteiger partial charge in [0.05, 0.1) is 33.8 Å². The second-order valence-electron chi connectivity index (χ2n) is 6.43. The lowest BCUT2D eigenvalue weighted by Crippen LogP contribution is -2.28. The Morgan fingerprint density at radius 1 is 1.16 bits per heavy atom. The number of hydrogen-bond donors (Lipinski definition) is 0. The van der Waals surface area contributed by atoms with Gasteiger partial charge in [0.15, 0.2) is 11.8 Å². The monoisotopic (exact) mass is 582 g/mol. The summed E-state index contributed by atoms with van der Waals surface area (Å²) in [5, 5.41) is 0.616. The van der Waals surface area contributed by atoms with E-state index >= 15 is 0 Å². The van der Waals surface area contributed by atoms with Crippen LogP contribution in [0, 0.1) is 0 Å². The Kier molecular flexibility index (Phi) is 8.38. The minimum atomic E-state index is -0.480. The normalized spacial score (nSPS) is 16.0. The number of rotatable bonds is 7. The van der Waals surface area contributed by atoms with Gasteiger partial charge in [-0.3, -0.25) is 9.69 Å². The summed E-state index contributed by atoms with van der Waals surface area (Å²) in [6, 6.07) is 11.0. The van der Waals surface area contributed by atoms with Crippen LogP contribution in [0.4, 0.5) is 5.69 Å². The zero-order valence-corrected chi connectivity index (χ0v) is 21.5. The van der Waals surface area contributed by atoms with Gasteiger partial charge in [-0.05, 0) is 98.6 Å². The Balaban J connectivity index is 1.85. The number of esters is 1. The maximum atomic E-state index is 12.9. The summed E-state index contributed by atoms with van der Waals surface area (Å²) in [4.78, 5) is 31.1. The van der Waals surface area contributed by atoms with Gasteiger partial charge < -0.3 is 14.2 Å². The van der Waals surface area contributed by atoms with E-state index in [-0.39, 0.29) is 12.5 Å². The molecule has 0 N–H and O–H groups in total. The minimum Gasteiger partial charge on any atom is -0.497 e. The number of thioether (sulfide) groups is 1. The number of carbonyl (C=O) groups is 2. The molecule has 168 valence electrons. The van der Waals surface area contributed by atoms with Crippen molar-refractivity contribution in [3.8, 4) is 11.5 Å². The lowest BCUT2D eigenvalue weighted by Gasteiger charge is -2.12. The number of aliphatic imine (C=N–C) groups is 1. The minimum absolute atomic E-state index is 0.108. The van der Waals surface area contributed by atoms with Gasteiger partial charge in [-0.2, -0.15) is 0 Å². The molecule has 0 unspecified atom stereocenters. The molecule has 1 amide bonds. The molecule has 1 aliphatic rings. The van der Waals surface area contributed by atoms with Gasteiger partial charge in [0.1, 0.15) is 11.5 Å². The molecule has 0 aromatic heterocycles. The van der Waals surface area contributed by atoms with E-state index in [0.717, 1.165) is 17.0 Å². The van der Waals surface area contributed by atoms with Gasteiger partial charge in [0.2, 0.25) is 0 Å². The van der Waals surface area contributed by atoms with E-state index in [1.165, 1.54) is 18.9 Å². The third-order valence-corrected chi connectivity index (χ3v) is 6.57. The van der Waals surface area contributed by atoms with Crippen LogP contribution in [-0.4, -0.2) is 49.3 Å². The summed E-state index contributed by atoms with van der Waals surface area (Å²) < 4.78 is 16.5. The van der Waals surface area contributed by atoms with Crippen molar-refractivity contribution in [3.05, 3.63) is 55.8 Å². The summed E-state index contributed by atoms with van der Waals surface area (Å²) in [7, 11) is 2.91. The van der Waals surface area contributed by atoms with Crippen LogP contribution in [0.15, 0.2) is 55.2 Å². The van der Waals surface area contributed by atoms with Crippen molar-refractivity contribution < 1.29 is 23.8 Å². The van der Waals surface area contributed by atoms with Gasteiger partial charge >= 0.3 is 5.97 Å². The average Bonchev–Trinajstić information content (AvgIpc) is 3.07. The van der Waals surface area contributed by atoms with Crippen molar-refractivity contribution in [1.29, 1.82) is 0 Å². The number of methoxy groups -OCH3 is 2. The molecule has 2 aromatic rings. The van der Waals surface area contributed by atoms with Crippen LogP contribution in [0.5, 0.6) is 11.5 Å². The molecule has 2 aromatic carbocycles. The van der Waals surface area contributed by atoms with Crippen molar-refractivity contribution in [2.24, 2.45) is 4.99 Å². The van der Waals surface area contributed by atoms with E-state index in [2.05, 4.69) is 41.6 Å². The highest BCUT2D eigenvalue weighted by molar-refractivity contribution is 9.11. The number of amidine groups is 1. The standard InChI is InChI=1S/C22H20Br2N2O5S/c1-4-26-21(28)18(32-22(26)25-14-5-7-15(29-2)8-6-14)11-13-9-16(23)20(17(24)10-13)31-12-19(27)30-3/h5-11H,4,12H2,1-3H3/b18-11+,25-22?. The highest BCUT2D eigenvalue weighted by Gasteiger charge is 2.32. The molecule has 0 aliphatic carbocycles. The Bertz CT molecular complexity index is 1060. The van der Waals surface area contributed by atoms with E-state index in [9.17, 15) is 9.59 Å². The SMILES string of the molecule is CCN1C(=O)/C(=C\c2cc(Br)c(OCC(=O)OC)c(Br)c2)SC1=Nc1ccc(OC)cc1. The molecular weight excluding hydrogens is 564 g/mol. The van der Waals surface area contributed by atoms with E-state index in [1.807, 2.05) is 43.3 Å².